The van der Waals surface area contributed by atoms with Crippen LogP contribution in [0.25, 0.3) is 22.0 Å². The molecule has 4 heteroatoms. The molecule has 0 saturated heterocycles. The van der Waals surface area contributed by atoms with Gasteiger partial charge in [-0.2, -0.15) is 0 Å². The van der Waals surface area contributed by atoms with Gasteiger partial charge in [0.15, 0.2) is 0 Å². The lowest BCUT2D eigenvalue weighted by Gasteiger charge is -2.03. The van der Waals surface area contributed by atoms with Crippen LogP contribution in [0.2, 0.25) is 0 Å². The van der Waals surface area contributed by atoms with Gasteiger partial charge in [0.2, 0.25) is 0 Å². The average molecular weight is 269 g/mol. The van der Waals surface area contributed by atoms with Crippen molar-refractivity contribution in [3.8, 4) is 11.1 Å². The Bertz CT molecular complexity index is 775. The first-order valence-corrected chi connectivity index (χ1v) is 6.21. The Morgan fingerprint density at radius 2 is 1.80 bits per heavy atom. The van der Waals surface area contributed by atoms with E-state index >= 15 is 0 Å². The highest BCUT2D eigenvalue weighted by molar-refractivity contribution is 5.90. The van der Waals surface area contributed by atoms with Crippen LogP contribution in [0, 0.1) is 5.82 Å². The van der Waals surface area contributed by atoms with Gasteiger partial charge < -0.3 is 10.1 Å². The number of aliphatic carboxylic acids is 1. The Balaban J connectivity index is 2.09. The second-order valence-corrected chi connectivity index (χ2v) is 4.65. The van der Waals surface area contributed by atoms with Crippen molar-refractivity contribution in [3.63, 3.8) is 0 Å². The summed E-state index contributed by atoms with van der Waals surface area (Å²) in [6.07, 6.45) is 1.69. The van der Waals surface area contributed by atoms with Crippen molar-refractivity contribution in [2.75, 3.05) is 0 Å². The summed E-state index contributed by atoms with van der Waals surface area (Å²) in [6.45, 7) is 0. The third-order valence-corrected chi connectivity index (χ3v) is 3.29. The topological polar surface area (TPSA) is 53.1 Å². The standard InChI is InChI=1S/C16H12FNO2/c17-13-4-1-10(2-5-13)11-3-6-15-14(7-11)12(9-18-15)8-16(19)20/h1-7,9,18H,8H2,(H,19,20). The highest BCUT2D eigenvalue weighted by atomic mass is 19.1. The normalized spacial score (nSPS) is 10.8. The Hall–Kier alpha value is -2.62. The van der Waals surface area contributed by atoms with Crippen LogP contribution in [-0.4, -0.2) is 16.1 Å². The molecule has 3 rings (SSSR count). The summed E-state index contributed by atoms with van der Waals surface area (Å²) in [6, 6.07) is 12.0. The van der Waals surface area contributed by atoms with E-state index in [9.17, 15) is 9.18 Å². The van der Waals surface area contributed by atoms with Crippen LogP contribution in [0.3, 0.4) is 0 Å². The molecule has 0 fully saturated rings. The number of nitrogens with one attached hydrogen (secondary N) is 1. The van der Waals surface area contributed by atoms with Gasteiger partial charge >= 0.3 is 5.97 Å². The molecule has 2 N–H and O–H groups in total. The van der Waals surface area contributed by atoms with Gasteiger partial charge in [-0.25, -0.2) is 4.39 Å². The van der Waals surface area contributed by atoms with Crippen LogP contribution in [0.1, 0.15) is 5.56 Å². The number of carboxylic acids is 1. The van der Waals surface area contributed by atoms with Gasteiger partial charge in [0, 0.05) is 17.1 Å². The van der Waals surface area contributed by atoms with E-state index in [1.165, 1.54) is 12.1 Å². The van der Waals surface area contributed by atoms with Crippen molar-refractivity contribution in [2.45, 2.75) is 6.42 Å². The third-order valence-electron chi connectivity index (χ3n) is 3.29. The zero-order valence-corrected chi connectivity index (χ0v) is 10.6. The molecule has 20 heavy (non-hydrogen) atoms. The van der Waals surface area contributed by atoms with E-state index in [4.69, 9.17) is 5.11 Å². The SMILES string of the molecule is O=C(O)Cc1c[nH]c2ccc(-c3ccc(F)cc3)cc12. The lowest BCUT2D eigenvalue weighted by atomic mass is 10.0. The molecule has 1 aromatic heterocycles. The van der Waals surface area contributed by atoms with E-state index in [1.807, 2.05) is 18.2 Å². The van der Waals surface area contributed by atoms with Gasteiger partial charge in [0.1, 0.15) is 5.82 Å². The van der Waals surface area contributed by atoms with Crippen molar-refractivity contribution >= 4 is 16.9 Å². The van der Waals surface area contributed by atoms with Crippen LogP contribution in [0.4, 0.5) is 4.39 Å². The predicted octanol–water partition coefficient (Wildman–Crippen LogP) is 3.60. The molecule has 0 amide bonds. The quantitative estimate of drug-likeness (QED) is 0.763. The fraction of sp³-hybridized carbons (Fsp3) is 0.0625. The molecule has 3 nitrogen and oxygen atoms in total. The molecule has 0 spiro atoms. The van der Waals surface area contributed by atoms with Gasteiger partial charge in [-0.05, 0) is 41.0 Å². The van der Waals surface area contributed by atoms with Gasteiger partial charge in [0.25, 0.3) is 0 Å². The summed E-state index contributed by atoms with van der Waals surface area (Å²) in [7, 11) is 0. The number of fused-ring (bicyclic) bond motifs is 1. The molecule has 0 atom stereocenters. The Morgan fingerprint density at radius 3 is 2.50 bits per heavy atom. The molecule has 100 valence electrons. The molecular weight excluding hydrogens is 257 g/mol. The average Bonchev–Trinajstić information content (AvgIpc) is 2.81. The van der Waals surface area contributed by atoms with Crippen LogP contribution in [-0.2, 0) is 11.2 Å². The van der Waals surface area contributed by atoms with Gasteiger partial charge in [-0.1, -0.05) is 18.2 Å². The number of carboxylic acid groups (broad SMARTS) is 1. The van der Waals surface area contributed by atoms with Gasteiger partial charge in [-0.3, -0.25) is 4.79 Å². The fourth-order valence-electron chi connectivity index (χ4n) is 2.31. The zero-order chi connectivity index (χ0) is 14.1. The Labute approximate surface area is 114 Å². The minimum absolute atomic E-state index is 0.0210. The minimum Gasteiger partial charge on any atom is -0.481 e. The number of halogens is 1. The van der Waals surface area contributed by atoms with Crippen molar-refractivity contribution in [3.05, 3.63) is 60.0 Å². The fourth-order valence-corrected chi connectivity index (χ4v) is 2.31. The Kier molecular flexibility index (Phi) is 2.99. The maximum absolute atomic E-state index is 12.9. The highest BCUT2D eigenvalue weighted by Crippen LogP contribution is 2.26. The van der Waals surface area contributed by atoms with Gasteiger partial charge in [-0.15, -0.1) is 0 Å². The first-order valence-electron chi connectivity index (χ1n) is 6.21. The maximum Gasteiger partial charge on any atom is 0.307 e. The predicted molar refractivity (Wildman–Crippen MR) is 75.0 cm³/mol. The number of rotatable bonds is 3. The van der Waals surface area contributed by atoms with E-state index in [2.05, 4.69) is 4.98 Å². The lowest BCUT2D eigenvalue weighted by Crippen LogP contribution is -1.98. The second kappa shape index (κ2) is 4.81. The van der Waals surface area contributed by atoms with Crippen LogP contribution >= 0.6 is 0 Å². The molecule has 1 heterocycles. The maximum atomic E-state index is 12.9. The smallest absolute Gasteiger partial charge is 0.307 e. The van der Waals surface area contributed by atoms with E-state index < -0.39 is 5.97 Å². The van der Waals surface area contributed by atoms with E-state index in [0.29, 0.717) is 0 Å². The summed E-state index contributed by atoms with van der Waals surface area (Å²) < 4.78 is 12.9. The van der Waals surface area contributed by atoms with Crippen LogP contribution in [0.15, 0.2) is 48.7 Å². The molecule has 0 unspecified atom stereocenters. The Morgan fingerprint density at radius 1 is 1.10 bits per heavy atom. The first-order chi connectivity index (χ1) is 9.63. The van der Waals surface area contributed by atoms with Crippen molar-refractivity contribution in [1.82, 2.24) is 4.98 Å². The van der Waals surface area contributed by atoms with Crippen LogP contribution in [0.5, 0.6) is 0 Å². The van der Waals surface area contributed by atoms with Crippen molar-refractivity contribution in [2.24, 2.45) is 0 Å². The van der Waals surface area contributed by atoms with Crippen molar-refractivity contribution < 1.29 is 14.3 Å². The number of aromatic amines is 1. The minimum atomic E-state index is -0.863. The molecular formula is C16H12FNO2. The highest BCUT2D eigenvalue weighted by Gasteiger charge is 2.09. The first kappa shape index (κ1) is 12.4. The monoisotopic (exact) mass is 269 g/mol. The van der Waals surface area contributed by atoms with Crippen molar-refractivity contribution in [1.29, 1.82) is 0 Å². The molecule has 3 aromatic rings. The number of benzene rings is 2. The molecule has 0 aliphatic carbocycles. The number of aromatic nitrogens is 1. The summed E-state index contributed by atoms with van der Waals surface area (Å²) in [5.74, 6) is -1.14. The summed E-state index contributed by atoms with van der Waals surface area (Å²) in [4.78, 5) is 13.9. The molecule has 0 aliphatic heterocycles. The number of carbonyl (C=O) groups is 1. The number of hydrogen-bond donors (Lipinski definition) is 2. The number of hydrogen-bond acceptors (Lipinski definition) is 1. The van der Waals surface area contributed by atoms with Crippen LogP contribution < -0.4 is 0 Å². The second-order valence-electron chi connectivity index (χ2n) is 4.65. The third kappa shape index (κ3) is 2.28. The lowest BCUT2D eigenvalue weighted by molar-refractivity contribution is -0.136. The summed E-state index contributed by atoms with van der Waals surface area (Å²) in [5, 5.41) is 9.79. The molecule has 0 radical (unpaired) electrons. The van der Waals surface area contributed by atoms with E-state index in [0.717, 1.165) is 27.6 Å². The largest absolute Gasteiger partial charge is 0.481 e. The molecule has 0 saturated carbocycles. The molecule has 2 aromatic carbocycles. The summed E-state index contributed by atoms with van der Waals surface area (Å²) >= 11 is 0. The molecule has 0 bridgehead atoms. The van der Waals surface area contributed by atoms with E-state index in [1.54, 1.807) is 18.3 Å². The van der Waals surface area contributed by atoms with E-state index in [-0.39, 0.29) is 12.2 Å². The van der Waals surface area contributed by atoms with Gasteiger partial charge in [0.05, 0.1) is 6.42 Å². The molecule has 0 aliphatic rings. The summed E-state index contributed by atoms with van der Waals surface area (Å²) in [5.41, 5.74) is 3.48. The number of H-pyrrole nitrogens is 1. The zero-order valence-electron chi connectivity index (χ0n) is 10.6.